The third-order valence-corrected chi connectivity index (χ3v) is 2.27. The number of aliphatic hydroxyl groups excluding tert-OH is 1. The number of hydrogen-bond donors (Lipinski definition) is 3. The lowest BCUT2D eigenvalue weighted by atomic mass is 10.1. The second-order valence-corrected chi connectivity index (χ2v) is 2.84. The van der Waals surface area contributed by atoms with Crippen LogP contribution >= 0.6 is 12.6 Å². The van der Waals surface area contributed by atoms with E-state index < -0.39 is 5.95 Å². The molecule has 0 bridgehead atoms. The molecule has 1 aliphatic carbocycles. The van der Waals surface area contributed by atoms with Crippen LogP contribution in [0.25, 0.3) is 0 Å². The molecule has 0 aromatic rings. The van der Waals surface area contributed by atoms with Crippen LogP contribution in [0, 0.1) is 5.41 Å². The molecule has 9 heavy (non-hydrogen) atoms. The van der Waals surface area contributed by atoms with Crippen LogP contribution in [0.15, 0.2) is 12.0 Å². The largest absolute Gasteiger partial charge is 0.481 e. The van der Waals surface area contributed by atoms with Crippen molar-refractivity contribution in [3.63, 3.8) is 0 Å². The maximum absolute atomic E-state index is 8.44. The molecule has 1 rings (SSSR count). The van der Waals surface area contributed by atoms with Gasteiger partial charge in [0.1, 0.15) is 0 Å². The molecule has 52 valence electrons. The van der Waals surface area contributed by atoms with Gasteiger partial charge in [-0.1, -0.05) is 0 Å². The average molecular weight is 146 g/mol. The predicted octanol–water partition coefficient (Wildman–Crippen LogP) is 1.65. The summed E-state index contributed by atoms with van der Waals surface area (Å²) in [5.41, 5.74) is 0.0158. The van der Waals surface area contributed by atoms with Crippen molar-refractivity contribution in [3.8, 4) is 0 Å². The Hall–Kier alpha value is -0.310. The summed E-state index contributed by atoms with van der Waals surface area (Å²) in [6.45, 7) is 0. The highest BCUT2D eigenvalue weighted by atomic mass is 32.1. The lowest BCUT2D eigenvalue weighted by molar-refractivity contribution is 0.186. The monoisotopic (exact) mass is 146 g/mol. The summed E-state index contributed by atoms with van der Waals surface area (Å²) in [4.78, 5) is 0. The number of hydrogen-bond acceptors (Lipinski definition) is 3. The molecule has 1 aliphatic rings. The summed E-state index contributed by atoms with van der Waals surface area (Å²) in [5.74, 6) is 0.138. The van der Waals surface area contributed by atoms with Gasteiger partial charge in [-0.05, 0) is 18.6 Å². The van der Waals surface area contributed by atoms with Gasteiger partial charge in [0.15, 0.2) is 0 Å². The van der Waals surface area contributed by atoms with Gasteiger partial charge in [0.05, 0.1) is 0 Å². The summed E-state index contributed by atoms with van der Waals surface area (Å²) >= 11 is 4.07. The molecule has 2 nitrogen and oxygen atoms in total. The smallest absolute Gasteiger partial charge is 0.270 e. The first-order chi connectivity index (χ1) is 4.18. The standard InChI is InChI=1S/C6H10O2S/c7-5(8)3-6(4-9)1-2-6/h3,7-9H,1-2,4H2. The Morgan fingerprint density at radius 3 is 2.22 bits per heavy atom. The summed E-state index contributed by atoms with van der Waals surface area (Å²) < 4.78 is 0. The SMILES string of the molecule is OC(O)=CC1(CS)CC1. The molecule has 1 saturated carbocycles. The lowest BCUT2D eigenvalue weighted by Gasteiger charge is -2.01. The van der Waals surface area contributed by atoms with E-state index in [-0.39, 0.29) is 5.41 Å². The molecule has 0 radical (unpaired) electrons. The molecule has 0 aromatic carbocycles. The van der Waals surface area contributed by atoms with Crippen LogP contribution < -0.4 is 0 Å². The van der Waals surface area contributed by atoms with Gasteiger partial charge in [0.25, 0.3) is 5.95 Å². The van der Waals surface area contributed by atoms with Crippen LogP contribution in [0.2, 0.25) is 0 Å². The predicted molar refractivity (Wildman–Crippen MR) is 38.9 cm³/mol. The minimum atomic E-state index is -0.568. The van der Waals surface area contributed by atoms with Crippen molar-refractivity contribution in [2.45, 2.75) is 12.8 Å². The minimum absolute atomic E-state index is 0.0158. The highest BCUT2D eigenvalue weighted by Crippen LogP contribution is 2.48. The third-order valence-electron chi connectivity index (χ3n) is 1.64. The van der Waals surface area contributed by atoms with Crippen molar-refractivity contribution in [3.05, 3.63) is 12.0 Å². The van der Waals surface area contributed by atoms with E-state index in [0.717, 1.165) is 12.8 Å². The zero-order valence-corrected chi connectivity index (χ0v) is 5.93. The fourth-order valence-corrected chi connectivity index (χ4v) is 1.19. The molecule has 0 aromatic heterocycles. The second-order valence-electron chi connectivity index (χ2n) is 2.52. The van der Waals surface area contributed by atoms with E-state index in [2.05, 4.69) is 12.6 Å². The van der Waals surface area contributed by atoms with E-state index in [4.69, 9.17) is 10.2 Å². The van der Waals surface area contributed by atoms with Gasteiger partial charge >= 0.3 is 0 Å². The van der Waals surface area contributed by atoms with E-state index in [1.165, 1.54) is 6.08 Å². The van der Waals surface area contributed by atoms with Crippen molar-refractivity contribution >= 4 is 12.6 Å². The first kappa shape index (κ1) is 6.81. The summed E-state index contributed by atoms with van der Waals surface area (Å²) in [6.07, 6.45) is 3.53. The molecule has 2 N–H and O–H groups in total. The Bertz CT molecular complexity index is 134. The number of thiol groups is 1. The summed E-state index contributed by atoms with van der Waals surface area (Å²) in [5, 5.41) is 16.9. The minimum Gasteiger partial charge on any atom is -0.481 e. The van der Waals surface area contributed by atoms with Crippen LogP contribution in [-0.2, 0) is 0 Å². The topological polar surface area (TPSA) is 40.5 Å². The van der Waals surface area contributed by atoms with Crippen LogP contribution in [0.4, 0.5) is 0 Å². The van der Waals surface area contributed by atoms with E-state index in [1.54, 1.807) is 0 Å². The van der Waals surface area contributed by atoms with Gasteiger partial charge in [0, 0.05) is 11.5 Å². The van der Waals surface area contributed by atoms with Crippen LogP contribution in [0.1, 0.15) is 12.8 Å². The molecule has 3 heteroatoms. The number of rotatable bonds is 2. The molecule has 0 heterocycles. The third kappa shape index (κ3) is 1.55. The van der Waals surface area contributed by atoms with Crippen molar-refractivity contribution < 1.29 is 10.2 Å². The van der Waals surface area contributed by atoms with Gasteiger partial charge in [-0.25, -0.2) is 0 Å². The Morgan fingerprint density at radius 1 is 1.56 bits per heavy atom. The summed E-state index contributed by atoms with van der Waals surface area (Å²) in [7, 11) is 0. The van der Waals surface area contributed by atoms with Gasteiger partial charge in [0.2, 0.25) is 0 Å². The molecule has 0 saturated heterocycles. The highest BCUT2D eigenvalue weighted by Gasteiger charge is 2.39. The molecule has 1 fully saturated rings. The van der Waals surface area contributed by atoms with Gasteiger partial charge in [-0.2, -0.15) is 12.6 Å². The van der Waals surface area contributed by atoms with Crippen molar-refractivity contribution in [2.75, 3.05) is 5.75 Å². The highest BCUT2D eigenvalue weighted by molar-refractivity contribution is 7.80. The summed E-state index contributed by atoms with van der Waals surface area (Å²) in [6, 6.07) is 0. The molecule has 0 amide bonds. The van der Waals surface area contributed by atoms with Crippen LogP contribution in [0.3, 0.4) is 0 Å². The first-order valence-electron chi connectivity index (χ1n) is 2.90. The zero-order valence-electron chi connectivity index (χ0n) is 5.04. The van der Waals surface area contributed by atoms with Gasteiger partial charge in [-0.15, -0.1) is 0 Å². The number of allylic oxidation sites excluding steroid dienone is 1. The van der Waals surface area contributed by atoms with E-state index in [9.17, 15) is 0 Å². The zero-order chi connectivity index (χ0) is 6.91. The van der Waals surface area contributed by atoms with E-state index in [1.807, 2.05) is 0 Å². The Morgan fingerprint density at radius 2 is 2.11 bits per heavy atom. The van der Waals surface area contributed by atoms with Gasteiger partial charge in [-0.3, -0.25) is 0 Å². The second kappa shape index (κ2) is 2.14. The lowest BCUT2D eigenvalue weighted by Crippen LogP contribution is -1.98. The molecule has 0 aliphatic heterocycles. The molecule has 0 atom stereocenters. The van der Waals surface area contributed by atoms with Crippen molar-refractivity contribution in [1.29, 1.82) is 0 Å². The Labute approximate surface area is 59.6 Å². The maximum atomic E-state index is 8.44. The van der Waals surface area contributed by atoms with Crippen LogP contribution in [-0.4, -0.2) is 16.0 Å². The quantitative estimate of drug-likeness (QED) is 0.409. The maximum Gasteiger partial charge on any atom is 0.270 e. The average Bonchev–Trinajstić information content (AvgIpc) is 2.48. The van der Waals surface area contributed by atoms with Crippen LogP contribution in [0.5, 0.6) is 0 Å². The van der Waals surface area contributed by atoms with Crippen molar-refractivity contribution in [2.24, 2.45) is 5.41 Å². The molecule has 0 unspecified atom stereocenters. The molecule has 0 spiro atoms. The molecular formula is C6H10O2S. The molecular weight excluding hydrogens is 136 g/mol. The van der Waals surface area contributed by atoms with Gasteiger partial charge < -0.3 is 10.2 Å². The first-order valence-corrected chi connectivity index (χ1v) is 3.53. The Balaban J connectivity index is 2.51. The van der Waals surface area contributed by atoms with Crippen molar-refractivity contribution in [1.82, 2.24) is 0 Å². The Kier molecular flexibility index (Phi) is 1.62. The fraction of sp³-hybridized carbons (Fsp3) is 0.667. The fourth-order valence-electron chi connectivity index (χ4n) is 0.783. The normalized spacial score (nSPS) is 21.0. The van der Waals surface area contributed by atoms with E-state index in [0.29, 0.717) is 5.75 Å². The van der Waals surface area contributed by atoms with E-state index >= 15 is 0 Å². The number of aliphatic hydroxyl groups is 2.